The molecule has 1 rings (SSSR count). The minimum absolute atomic E-state index is 0.214. The van der Waals surface area contributed by atoms with Crippen LogP contribution < -0.4 is 4.90 Å². The Morgan fingerprint density at radius 3 is 2.50 bits per heavy atom. The van der Waals surface area contributed by atoms with Gasteiger partial charge >= 0.3 is 0 Å². The maximum Gasteiger partial charge on any atom is 0.164 e. The van der Waals surface area contributed by atoms with Crippen LogP contribution in [0.1, 0.15) is 37.6 Å². The average Bonchev–Trinajstić information content (AvgIpc) is 2.27. The molecule has 0 unspecified atom stereocenters. The summed E-state index contributed by atoms with van der Waals surface area (Å²) in [4.78, 5) is 14.0. The zero-order chi connectivity index (χ0) is 12.1. The Labute approximate surface area is 98.3 Å². The zero-order valence-electron chi connectivity index (χ0n) is 10.7. The number of hydrogen-bond donors (Lipinski definition) is 0. The third-order valence-electron chi connectivity index (χ3n) is 2.58. The molecule has 0 bridgehead atoms. The summed E-state index contributed by atoms with van der Waals surface area (Å²) >= 11 is 0. The summed E-state index contributed by atoms with van der Waals surface area (Å²) in [6.07, 6.45) is 0.562. The van der Waals surface area contributed by atoms with Crippen LogP contribution in [0, 0.1) is 5.92 Å². The number of para-hydroxylation sites is 1. The van der Waals surface area contributed by atoms with Crippen LogP contribution in [0.3, 0.4) is 0 Å². The van der Waals surface area contributed by atoms with Crippen molar-refractivity contribution in [2.75, 3.05) is 18.5 Å². The number of carbonyl (C=O) groups is 1. The Bertz CT molecular complexity index is 358. The maximum atomic E-state index is 11.8. The number of carbonyl (C=O) groups excluding carboxylic acids is 1. The fraction of sp³-hybridized carbons (Fsp3) is 0.500. The molecule has 1 aromatic carbocycles. The van der Waals surface area contributed by atoms with Gasteiger partial charge in [0.15, 0.2) is 5.78 Å². The van der Waals surface area contributed by atoms with Crippen molar-refractivity contribution in [1.29, 1.82) is 0 Å². The van der Waals surface area contributed by atoms with Crippen molar-refractivity contribution >= 4 is 11.5 Å². The highest BCUT2D eigenvalue weighted by Crippen LogP contribution is 2.21. The van der Waals surface area contributed by atoms with Gasteiger partial charge in [0, 0.05) is 31.3 Å². The van der Waals surface area contributed by atoms with Gasteiger partial charge in [0.25, 0.3) is 0 Å². The van der Waals surface area contributed by atoms with E-state index in [1.807, 2.05) is 38.2 Å². The molecule has 0 aliphatic heterocycles. The highest BCUT2D eigenvalue weighted by atomic mass is 16.1. The van der Waals surface area contributed by atoms with E-state index in [1.54, 1.807) is 0 Å². The molecule has 0 atom stereocenters. The Kier molecular flexibility index (Phi) is 4.53. The molecule has 1 aromatic rings. The lowest BCUT2D eigenvalue weighted by Crippen LogP contribution is -2.24. The molecule has 0 radical (unpaired) electrons. The van der Waals surface area contributed by atoms with E-state index in [-0.39, 0.29) is 5.78 Å². The Morgan fingerprint density at radius 2 is 1.94 bits per heavy atom. The van der Waals surface area contributed by atoms with Crippen LogP contribution in [-0.2, 0) is 0 Å². The van der Waals surface area contributed by atoms with E-state index in [1.165, 1.54) is 0 Å². The number of ketones is 1. The molecule has 88 valence electrons. The first kappa shape index (κ1) is 12.8. The molecule has 2 heteroatoms. The number of nitrogens with zero attached hydrogens (tertiary/aromatic N) is 1. The van der Waals surface area contributed by atoms with Crippen LogP contribution in [0.2, 0.25) is 0 Å². The second-order valence-electron chi connectivity index (χ2n) is 4.57. The van der Waals surface area contributed by atoms with Gasteiger partial charge in [0.05, 0.1) is 0 Å². The van der Waals surface area contributed by atoms with E-state index < -0.39 is 0 Å². The van der Waals surface area contributed by atoms with E-state index in [0.29, 0.717) is 12.3 Å². The molecule has 0 saturated heterocycles. The van der Waals surface area contributed by atoms with Crippen molar-refractivity contribution in [2.24, 2.45) is 5.92 Å². The van der Waals surface area contributed by atoms with Crippen LogP contribution >= 0.6 is 0 Å². The molecular formula is C14H21NO. The third kappa shape index (κ3) is 3.09. The van der Waals surface area contributed by atoms with E-state index in [2.05, 4.69) is 18.7 Å². The predicted octanol–water partition coefficient (Wildman–Crippen LogP) is 3.37. The van der Waals surface area contributed by atoms with Crippen molar-refractivity contribution in [3.8, 4) is 0 Å². The third-order valence-corrected chi connectivity index (χ3v) is 2.58. The fourth-order valence-corrected chi connectivity index (χ4v) is 1.88. The molecular weight excluding hydrogens is 198 g/mol. The number of anilines is 1. The smallest absolute Gasteiger partial charge is 0.164 e. The predicted molar refractivity (Wildman–Crippen MR) is 69.2 cm³/mol. The molecule has 0 amide bonds. The molecule has 0 aromatic heterocycles. The van der Waals surface area contributed by atoms with Gasteiger partial charge in [0.1, 0.15) is 0 Å². The number of Topliss-reactive ketones (excluding diaryl/α,β-unsaturated/α-hetero) is 1. The van der Waals surface area contributed by atoms with Crippen molar-refractivity contribution in [3.05, 3.63) is 29.8 Å². The van der Waals surface area contributed by atoms with Gasteiger partial charge in [-0.1, -0.05) is 32.9 Å². The van der Waals surface area contributed by atoms with E-state index in [9.17, 15) is 4.79 Å². The van der Waals surface area contributed by atoms with E-state index in [0.717, 1.165) is 17.8 Å². The highest BCUT2D eigenvalue weighted by Gasteiger charge is 2.12. The van der Waals surface area contributed by atoms with Crippen LogP contribution in [0.4, 0.5) is 5.69 Å². The molecule has 0 spiro atoms. The zero-order valence-corrected chi connectivity index (χ0v) is 10.7. The Morgan fingerprint density at radius 1 is 1.31 bits per heavy atom. The molecule has 0 aliphatic rings. The van der Waals surface area contributed by atoms with Gasteiger partial charge < -0.3 is 4.90 Å². The van der Waals surface area contributed by atoms with Crippen LogP contribution in [0.15, 0.2) is 24.3 Å². The first-order valence-electron chi connectivity index (χ1n) is 5.89. The summed E-state index contributed by atoms with van der Waals surface area (Å²) in [5.74, 6) is 0.806. The van der Waals surface area contributed by atoms with E-state index >= 15 is 0 Å². The topological polar surface area (TPSA) is 20.3 Å². The summed E-state index contributed by atoms with van der Waals surface area (Å²) in [7, 11) is 2.04. The summed E-state index contributed by atoms with van der Waals surface area (Å²) in [5.41, 5.74) is 1.89. The number of rotatable bonds is 5. The Balaban J connectivity index is 2.98. The largest absolute Gasteiger partial charge is 0.374 e. The minimum atomic E-state index is 0.214. The first-order valence-corrected chi connectivity index (χ1v) is 5.89. The normalized spacial score (nSPS) is 10.6. The molecule has 16 heavy (non-hydrogen) atoms. The summed E-state index contributed by atoms with van der Waals surface area (Å²) < 4.78 is 0. The minimum Gasteiger partial charge on any atom is -0.374 e. The Hall–Kier alpha value is -1.31. The second kappa shape index (κ2) is 5.69. The lowest BCUT2D eigenvalue weighted by atomic mass is 10.1. The molecule has 2 nitrogen and oxygen atoms in total. The first-order chi connectivity index (χ1) is 7.56. The highest BCUT2D eigenvalue weighted by molar-refractivity contribution is 6.01. The quantitative estimate of drug-likeness (QED) is 0.708. The fourth-order valence-electron chi connectivity index (χ4n) is 1.88. The van der Waals surface area contributed by atoms with Gasteiger partial charge in [-0.3, -0.25) is 4.79 Å². The maximum absolute atomic E-state index is 11.8. The SMILES string of the molecule is CCC(=O)c1ccccc1N(C)CC(C)C. The van der Waals surface area contributed by atoms with Gasteiger partial charge in [0.2, 0.25) is 0 Å². The summed E-state index contributed by atoms with van der Waals surface area (Å²) in [6.45, 7) is 7.23. The van der Waals surface area contributed by atoms with Crippen molar-refractivity contribution < 1.29 is 4.79 Å². The lowest BCUT2D eigenvalue weighted by molar-refractivity contribution is 0.0988. The molecule has 0 heterocycles. The van der Waals surface area contributed by atoms with Gasteiger partial charge in [-0.15, -0.1) is 0 Å². The second-order valence-corrected chi connectivity index (χ2v) is 4.57. The molecule has 0 aliphatic carbocycles. The summed E-state index contributed by atoms with van der Waals surface area (Å²) in [6, 6.07) is 7.84. The van der Waals surface area contributed by atoms with Crippen molar-refractivity contribution in [3.63, 3.8) is 0 Å². The van der Waals surface area contributed by atoms with Crippen LogP contribution in [0.25, 0.3) is 0 Å². The van der Waals surface area contributed by atoms with Crippen molar-refractivity contribution in [1.82, 2.24) is 0 Å². The van der Waals surface area contributed by atoms with E-state index in [4.69, 9.17) is 0 Å². The van der Waals surface area contributed by atoms with Crippen LogP contribution in [-0.4, -0.2) is 19.4 Å². The number of benzene rings is 1. The monoisotopic (exact) mass is 219 g/mol. The van der Waals surface area contributed by atoms with Crippen LogP contribution in [0.5, 0.6) is 0 Å². The van der Waals surface area contributed by atoms with Crippen molar-refractivity contribution in [2.45, 2.75) is 27.2 Å². The molecule has 0 N–H and O–H groups in total. The number of hydrogen-bond acceptors (Lipinski definition) is 2. The summed E-state index contributed by atoms with van der Waals surface area (Å²) in [5, 5.41) is 0. The molecule has 0 saturated carbocycles. The standard InChI is InChI=1S/C14H21NO/c1-5-14(16)12-8-6-7-9-13(12)15(4)10-11(2)3/h6-9,11H,5,10H2,1-4H3. The van der Waals surface area contributed by atoms with Gasteiger partial charge in [-0.25, -0.2) is 0 Å². The average molecular weight is 219 g/mol. The van der Waals surface area contributed by atoms with Gasteiger partial charge in [-0.05, 0) is 18.1 Å². The van der Waals surface area contributed by atoms with Gasteiger partial charge in [-0.2, -0.15) is 0 Å². The molecule has 0 fully saturated rings. The lowest BCUT2D eigenvalue weighted by Gasteiger charge is -2.23.